The van der Waals surface area contributed by atoms with E-state index in [0.29, 0.717) is 5.69 Å². The Labute approximate surface area is 138 Å². The molecule has 3 amide bonds. The van der Waals surface area contributed by atoms with Crippen molar-refractivity contribution < 1.29 is 18.4 Å². The van der Waals surface area contributed by atoms with Crippen LogP contribution in [0.25, 0.3) is 0 Å². The van der Waals surface area contributed by atoms with Crippen LogP contribution in [0.1, 0.15) is 5.56 Å². The van der Waals surface area contributed by atoms with Crippen LogP contribution in [-0.2, 0) is 11.2 Å². The number of hydrogen-bond donors (Lipinski definition) is 2. The van der Waals surface area contributed by atoms with Gasteiger partial charge < -0.3 is 15.5 Å². The second-order valence-corrected chi connectivity index (χ2v) is 5.34. The molecule has 0 heterocycles. The normalized spacial score (nSPS) is 10.2. The van der Waals surface area contributed by atoms with E-state index in [9.17, 15) is 18.4 Å². The summed E-state index contributed by atoms with van der Waals surface area (Å²) in [4.78, 5) is 24.9. The summed E-state index contributed by atoms with van der Waals surface area (Å²) in [6.45, 7) is 0. The summed E-state index contributed by atoms with van der Waals surface area (Å²) in [5, 5.41) is 4.74. The number of nitrogens with zero attached hydrogens (tertiary/aromatic N) is 1. The average Bonchev–Trinajstić information content (AvgIpc) is 2.53. The predicted octanol–water partition coefficient (Wildman–Crippen LogP) is 3.24. The lowest BCUT2D eigenvalue weighted by Crippen LogP contribution is -2.23. The van der Waals surface area contributed by atoms with Crippen molar-refractivity contribution in [2.24, 2.45) is 0 Å². The molecular weight excluding hydrogens is 316 g/mol. The number of amides is 3. The number of likely N-dealkylation sites (N-methyl/N-ethyl adjacent to an activating group) is 1. The lowest BCUT2D eigenvalue weighted by molar-refractivity contribution is -0.127. The molecule has 0 aliphatic heterocycles. The Balaban J connectivity index is 1.97. The highest BCUT2D eigenvalue weighted by molar-refractivity contribution is 5.99. The molecule has 7 heteroatoms. The molecule has 2 rings (SSSR count). The third kappa shape index (κ3) is 4.52. The monoisotopic (exact) mass is 333 g/mol. The van der Waals surface area contributed by atoms with Gasteiger partial charge in [-0.25, -0.2) is 13.6 Å². The number of urea groups is 1. The molecule has 0 saturated carbocycles. The van der Waals surface area contributed by atoms with Crippen molar-refractivity contribution in [3.63, 3.8) is 0 Å². The van der Waals surface area contributed by atoms with E-state index in [0.717, 1.165) is 11.6 Å². The molecule has 2 aromatic rings. The van der Waals surface area contributed by atoms with Crippen molar-refractivity contribution in [2.75, 3.05) is 24.7 Å². The quantitative estimate of drug-likeness (QED) is 0.902. The molecule has 0 bridgehead atoms. The van der Waals surface area contributed by atoms with E-state index < -0.39 is 17.7 Å². The van der Waals surface area contributed by atoms with Crippen LogP contribution in [0, 0.1) is 11.6 Å². The van der Waals surface area contributed by atoms with Crippen molar-refractivity contribution in [3.05, 3.63) is 59.7 Å². The number of anilines is 2. The van der Waals surface area contributed by atoms with Crippen LogP contribution in [0.4, 0.5) is 25.0 Å². The van der Waals surface area contributed by atoms with Gasteiger partial charge in [0.2, 0.25) is 5.91 Å². The number of nitrogens with one attached hydrogen (secondary N) is 2. The van der Waals surface area contributed by atoms with Crippen LogP contribution >= 0.6 is 0 Å². The molecule has 0 atom stereocenters. The van der Waals surface area contributed by atoms with E-state index in [-0.39, 0.29) is 18.0 Å². The fourth-order valence-corrected chi connectivity index (χ4v) is 1.92. The summed E-state index contributed by atoms with van der Waals surface area (Å²) >= 11 is 0. The molecule has 0 spiro atoms. The molecule has 0 aliphatic carbocycles. The Kier molecular flexibility index (Phi) is 5.47. The van der Waals surface area contributed by atoms with Gasteiger partial charge in [-0.15, -0.1) is 0 Å². The van der Waals surface area contributed by atoms with E-state index in [4.69, 9.17) is 0 Å². The number of hydrogen-bond acceptors (Lipinski definition) is 2. The molecule has 0 unspecified atom stereocenters. The van der Waals surface area contributed by atoms with Crippen LogP contribution in [-0.4, -0.2) is 30.9 Å². The van der Waals surface area contributed by atoms with E-state index in [1.54, 1.807) is 38.4 Å². The molecule has 0 aromatic heterocycles. The summed E-state index contributed by atoms with van der Waals surface area (Å²) in [7, 11) is 3.35. The lowest BCUT2D eigenvalue weighted by atomic mass is 10.1. The summed E-state index contributed by atoms with van der Waals surface area (Å²) in [5.41, 5.74) is 1.02. The number of carbonyl (C=O) groups is 2. The van der Waals surface area contributed by atoms with Gasteiger partial charge in [0.1, 0.15) is 0 Å². The standard InChI is InChI=1S/C17H17F2N3O2/c1-22(2)15(23)10-11-6-8-12(9-7-11)20-17(24)21-14-5-3-4-13(18)16(14)19/h3-9H,10H2,1-2H3,(H2,20,21,24). The van der Waals surface area contributed by atoms with Crippen LogP contribution in [0.5, 0.6) is 0 Å². The molecule has 2 N–H and O–H groups in total. The van der Waals surface area contributed by atoms with E-state index in [1.165, 1.54) is 17.0 Å². The number of rotatable bonds is 4. The SMILES string of the molecule is CN(C)C(=O)Cc1ccc(NC(=O)Nc2cccc(F)c2F)cc1. The predicted molar refractivity (Wildman–Crippen MR) is 87.8 cm³/mol. The molecule has 0 aliphatic rings. The van der Waals surface area contributed by atoms with Crippen molar-refractivity contribution in [2.45, 2.75) is 6.42 Å². The highest BCUT2D eigenvalue weighted by Crippen LogP contribution is 2.17. The maximum absolute atomic E-state index is 13.5. The molecule has 126 valence electrons. The van der Waals surface area contributed by atoms with Gasteiger partial charge in [0.15, 0.2) is 11.6 Å². The van der Waals surface area contributed by atoms with Gasteiger partial charge >= 0.3 is 6.03 Å². The van der Waals surface area contributed by atoms with Gasteiger partial charge in [-0.2, -0.15) is 0 Å². The van der Waals surface area contributed by atoms with Gasteiger partial charge in [0.25, 0.3) is 0 Å². The zero-order chi connectivity index (χ0) is 17.7. The summed E-state index contributed by atoms with van der Waals surface area (Å²) in [6.07, 6.45) is 0.258. The van der Waals surface area contributed by atoms with Crippen molar-refractivity contribution in [3.8, 4) is 0 Å². The zero-order valence-electron chi connectivity index (χ0n) is 13.3. The Morgan fingerprint density at radius 1 is 1.00 bits per heavy atom. The van der Waals surface area contributed by atoms with Gasteiger partial charge in [-0.1, -0.05) is 18.2 Å². The zero-order valence-corrected chi connectivity index (χ0v) is 13.3. The maximum atomic E-state index is 13.5. The molecule has 0 radical (unpaired) electrons. The first kappa shape index (κ1) is 17.4. The smallest absolute Gasteiger partial charge is 0.323 e. The van der Waals surface area contributed by atoms with Crippen molar-refractivity contribution in [1.82, 2.24) is 4.90 Å². The Bertz CT molecular complexity index is 746. The van der Waals surface area contributed by atoms with Crippen LogP contribution in [0.2, 0.25) is 0 Å². The maximum Gasteiger partial charge on any atom is 0.323 e. The Hall–Kier alpha value is -2.96. The van der Waals surface area contributed by atoms with Gasteiger partial charge in [0.05, 0.1) is 12.1 Å². The van der Waals surface area contributed by atoms with E-state index >= 15 is 0 Å². The van der Waals surface area contributed by atoms with Gasteiger partial charge in [0, 0.05) is 19.8 Å². The molecule has 2 aromatic carbocycles. The fraction of sp³-hybridized carbons (Fsp3) is 0.176. The highest BCUT2D eigenvalue weighted by Gasteiger charge is 2.11. The minimum absolute atomic E-state index is 0.0324. The van der Waals surface area contributed by atoms with Gasteiger partial charge in [-0.3, -0.25) is 4.79 Å². The van der Waals surface area contributed by atoms with E-state index in [1.807, 2.05) is 0 Å². The first-order chi connectivity index (χ1) is 11.4. The number of benzene rings is 2. The highest BCUT2D eigenvalue weighted by atomic mass is 19.2. The minimum Gasteiger partial charge on any atom is -0.349 e. The topological polar surface area (TPSA) is 61.4 Å². The first-order valence-electron chi connectivity index (χ1n) is 7.18. The van der Waals surface area contributed by atoms with Crippen molar-refractivity contribution in [1.29, 1.82) is 0 Å². The molecule has 0 fully saturated rings. The molecular formula is C17H17F2N3O2. The van der Waals surface area contributed by atoms with Crippen LogP contribution in [0.15, 0.2) is 42.5 Å². The third-order valence-electron chi connectivity index (χ3n) is 3.27. The second-order valence-electron chi connectivity index (χ2n) is 5.34. The Morgan fingerprint density at radius 3 is 2.29 bits per heavy atom. The minimum atomic E-state index is -1.12. The van der Waals surface area contributed by atoms with Crippen molar-refractivity contribution >= 4 is 23.3 Å². The third-order valence-corrected chi connectivity index (χ3v) is 3.27. The molecule has 24 heavy (non-hydrogen) atoms. The summed E-state index contributed by atoms with van der Waals surface area (Å²) in [5.74, 6) is -2.19. The number of halogens is 2. The lowest BCUT2D eigenvalue weighted by Gasteiger charge is -2.11. The summed E-state index contributed by atoms with van der Waals surface area (Å²) in [6, 6.07) is 9.49. The number of carbonyl (C=O) groups excluding carboxylic acids is 2. The fourth-order valence-electron chi connectivity index (χ4n) is 1.92. The van der Waals surface area contributed by atoms with Crippen LogP contribution < -0.4 is 10.6 Å². The van der Waals surface area contributed by atoms with E-state index in [2.05, 4.69) is 10.6 Å². The summed E-state index contributed by atoms with van der Waals surface area (Å²) < 4.78 is 26.6. The largest absolute Gasteiger partial charge is 0.349 e. The van der Waals surface area contributed by atoms with Gasteiger partial charge in [-0.05, 0) is 29.8 Å². The molecule has 0 saturated heterocycles. The Morgan fingerprint density at radius 2 is 1.67 bits per heavy atom. The van der Waals surface area contributed by atoms with Crippen LogP contribution in [0.3, 0.4) is 0 Å². The molecule has 5 nitrogen and oxygen atoms in total. The first-order valence-corrected chi connectivity index (χ1v) is 7.18. The average molecular weight is 333 g/mol. The second kappa shape index (κ2) is 7.54.